The summed E-state index contributed by atoms with van der Waals surface area (Å²) in [5, 5.41) is 13.3. The molecule has 3 aliphatic rings. The number of aromatic nitrogens is 1. The van der Waals surface area contributed by atoms with Gasteiger partial charge in [-0.25, -0.2) is 4.98 Å². The van der Waals surface area contributed by atoms with Gasteiger partial charge in [0.25, 0.3) is 11.6 Å². The molecular weight excluding hydrogens is 430 g/mol. The zero-order valence-electron chi connectivity index (χ0n) is 15.6. The molecule has 0 radical (unpaired) electrons. The molecule has 4 atom stereocenters. The van der Waals surface area contributed by atoms with Crippen LogP contribution in [0.5, 0.6) is 0 Å². The number of nitro groups is 1. The topological polar surface area (TPSA) is 103 Å². The minimum absolute atomic E-state index is 0.0287. The van der Waals surface area contributed by atoms with Crippen molar-refractivity contribution in [3.63, 3.8) is 0 Å². The fourth-order valence-corrected chi connectivity index (χ4v) is 5.46. The SMILES string of the molecule is O=C1C2=C(OC3CCC(Cl)CC13)C(=O)N(c1nccs1)C2c1cccc([N+](=O)[O-])c1. The molecule has 2 aliphatic heterocycles. The molecule has 1 fully saturated rings. The van der Waals surface area contributed by atoms with E-state index in [4.69, 9.17) is 16.3 Å². The van der Waals surface area contributed by atoms with Gasteiger partial charge in [-0.3, -0.25) is 24.6 Å². The Morgan fingerprint density at radius 2 is 2.13 bits per heavy atom. The minimum Gasteiger partial charge on any atom is -0.483 e. The highest BCUT2D eigenvalue weighted by Crippen LogP contribution is 2.49. The fraction of sp³-hybridized carbons (Fsp3) is 0.350. The molecule has 1 aromatic carbocycles. The van der Waals surface area contributed by atoms with Gasteiger partial charge in [-0.1, -0.05) is 12.1 Å². The Labute approximate surface area is 180 Å². The summed E-state index contributed by atoms with van der Waals surface area (Å²) in [6.45, 7) is 0. The Kier molecular flexibility index (Phi) is 4.59. The number of hydrogen-bond acceptors (Lipinski definition) is 7. The van der Waals surface area contributed by atoms with Crippen LogP contribution < -0.4 is 4.90 Å². The van der Waals surface area contributed by atoms with Crippen LogP contribution in [0.25, 0.3) is 0 Å². The van der Waals surface area contributed by atoms with Crippen LogP contribution in [0.3, 0.4) is 0 Å². The van der Waals surface area contributed by atoms with E-state index in [2.05, 4.69) is 4.98 Å². The summed E-state index contributed by atoms with van der Waals surface area (Å²) in [4.78, 5) is 43.3. The van der Waals surface area contributed by atoms with Crippen LogP contribution in [0.15, 0.2) is 47.2 Å². The van der Waals surface area contributed by atoms with Crippen LogP contribution in [0.2, 0.25) is 0 Å². The zero-order valence-corrected chi connectivity index (χ0v) is 17.1. The van der Waals surface area contributed by atoms with Crippen molar-refractivity contribution in [3.05, 3.63) is 62.9 Å². The van der Waals surface area contributed by atoms with Gasteiger partial charge in [-0.2, -0.15) is 0 Å². The molecule has 154 valence electrons. The molecule has 10 heteroatoms. The first-order valence-electron chi connectivity index (χ1n) is 9.52. The van der Waals surface area contributed by atoms with E-state index < -0.39 is 22.8 Å². The third-order valence-corrected chi connectivity index (χ3v) is 6.97. The highest BCUT2D eigenvalue weighted by atomic mass is 35.5. The summed E-state index contributed by atoms with van der Waals surface area (Å²) < 4.78 is 6.05. The molecule has 0 N–H and O–H groups in total. The molecule has 5 rings (SSSR count). The standard InChI is InChI=1S/C20H16ClN3O5S/c21-11-4-5-14-13(9-11)17(25)15-16(10-2-1-3-12(8-10)24(27)28)23(19(26)18(15)29-14)20-22-6-7-30-20/h1-3,6-8,11,13-14,16H,4-5,9H2. The first kappa shape index (κ1) is 19.2. The van der Waals surface area contributed by atoms with E-state index in [1.165, 1.54) is 28.4 Å². The molecule has 0 bridgehead atoms. The third kappa shape index (κ3) is 2.92. The number of fused-ring (bicyclic) bond motifs is 1. The van der Waals surface area contributed by atoms with Gasteiger partial charge in [0.1, 0.15) is 6.10 Å². The van der Waals surface area contributed by atoms with E-state index >= 15 is 0 Å². The molecule has 30 heavy (non-hydrogen) atoms. The monoisotopic (exact) mass is 445 g/mol. The number of alkyl halides is 1. The third-order valence-electron chi connectivity index (χ3n) is 5.81. The van der Waals surface area contributed by atoms with E-state index in [-0.39, 0.29) is 34.3 Å². The molecule has 0 saturated heterocycles. The second-order valence-corrected chi connectivity index (χ2v) is 9.01. The Hall–Kier alpha value is -2.78. The molecular formula is C20H16ClN3O5S. The van der Waals surface area contributed by atoms with Crippen molar-refractivity contribution in [2.24, 2.45) is 5.92 Å². The number of nitro benzene ring substituents is 1. The fourth-order valence-electron chi connectivity index (χ4n) is 4.47. The Bertz CT molecular complexity index is 1090. The van der Waals surface area contributed by atoms with Gasteiger partial charge in [0.15, 0.2) is 16.7 Å². The highest BCUT2D eigenvalue weighted by Gasteiger charge is 2.53. The molecule has 8 nitrogen and oxygen atoms in total. The predicted octanol–water partition coefficient (Wildman–Crippen LogP) is 3.77. The lowest BCUT2D eigenvalue weighted by Gasteiger charge is -2.37. The summed E-state index contributed by atoms with van der Waals surface area (Å²) in [7, 11) is 0. The second-order valence-electron chi connectivity index (χ2n) is 7.52. The molecule has 1 saturated carbocycles. The van der Waals surface area contributed by atoms with Crippen LogP contribution in [-0.4, -0.2) is 33.1 Å². The normalized spacial score (nSPS) is 28.2. The lowest BCUT2D eigenvalue weighted by Crippen LogP contribution is -2.41. The maximum Gasteiger partial charge on any atom is 0.296 e. The smallest absolute Gasteiger partial charge is 0.296 e. The number of rotatable bonds is 3. The number of Topliss-reactive ketones (excluding diaryl/α,β-unsaturated/α-hetero) is 1. The van der Waals surface area contributed by atoms with E-state index in [1.807, 2.05) is 0 Å². The first-order valence-corrected chi connectivity index (χ1v) is 10.8. The van der Waals surface area contributed by atoms with Crippen molar-refractivity contribution >= 4 is 45.4 Å². The van der Waals surface area contributed by atoms with Crippen LogP contribution in [0.4, 0.5) is 10.8 Å². The molecule has 3 heterocycles. The first-order chi connectivity index (χ1) is 14.5. The molecule has 4 unspecified atom stereocenters. The quantitative estimate of drug-likeness (QED) is 0.405. The van der Waals surface area contributed by atoms with Gasteiger partial charge in [0, 0.05) is 29.1 Å². The number of carbonyl (C=O) groups excluding carboxylic acids is 2. The number of ether oxygens (including phenoxy) is 1. The summed E-state index contributed by atoms with van der Waals surface area (Å²) in [5.74, 6) is -1.02. The summed E-state index contributed by atoms with van der Waals surface area (Å²) in [6, 6.07) is 5.15. The number of ketones is 1. The van der Waals surface area contributed by atoms with E-state index in [0.29, 0.717) is 23.5 Å². The number of thiazole rings is 1. The number of nitrogens with zero attached hydrogens (tertiary/aromatic N) is 3. The Morgan fingerprint density at radius 3 is 2.87 bits per heavy atom. The number of amides is 1. The van der Waals surface area contributed by atoms with Crippen molar-refractivity contribution in [1.82, 2.24) is 4.98 Å². The van der Waals surface area contributed by atoms with Gasteiger partial charge < -0.3 is 4.74 Å². The van der Waals surface area contributed by atoms with Crippen molar-refractivity contribution in [1.29, 1.82) is 0 Å². The number of anilines is 1. The molecule has 1 aromatic heterocycles. The number of benzene rings is 1. The zero-order chi connectivity index (χ0) is 21.0. The lowest BCUT2D eigenvalue weighted by molar-refractivity contribution is -0.384. The van der Waals surface area contributed by atoms with Crippen molar-refractivity contribution < 1.29 is 19.2 Å². The number of hydrogen-bond donors (Lipinski definition) is 0. The Balaban J connectivity index is 1.65. The van der Waals surface area contributed by atoms with Gasteiger partial charge in [0.05, 0.1) is 22.5 Å². The minimum atomic E-state index is -0.831. The van der Waals surface area contributed by atoms with Crippen LogP contribution in [0.1, 0.15) is 30.9 Å². The van der Waals surface area contributed by atoms with Crippen molar-refractivity contribution in [2.75, 3.05) is 4.90 Å². The summed E-state index contributed by atoms with van der Waals surface area (Å²) in [6.07, 6.45) is 2.99. The highest BCUT2D eigenvalue weighted by molar-refractivity contribution is 7.13. The van der Waals surface area contributed by atoms with Gasteiger partial charge in [0.2, 0.25) is 0 Å². The van der Waals surface area contributed by atoms with Crippen LogP contribution in [0, 0.1) is 16.0 Å². The van der Waals surface area contributed by atoms with E-state index in [1.54, 1.807) is 23.7 Å². The Morgan fingerprint density at radius 1 is 1.30 bits per heavy atom. The molecule has 2 aromatic rings. The average molecular weight is 446 g/mol. The molecule has 0 spiro atoms. The van der Waals surface area contributed by atoms with Crippen LogP contribution >= 0.6 is 22.9 Å². The predicted molar refractivity (Wildman–Crippen MR) is 109 cm³/mol. The van der Waals surface area contributed by atoms with Gasteiger partial charge in [-0.05, 0) is 24.8 Å². The van der Waals surface area contributed by atoms with Gasteiger partial charge >= 0.3 is 0 Å². The lowest BCUT2D eigenvalue weighted by atomic mass is 9.77. The number of halogens is 1. The van der Waals surface area contributed by atoms with E-state index in [0.717, 1.165) is 6.42 Å². The number of non-ortho nitro benzene ring substituents is 1. The van der Waals surface area contributed by atoms with Gasteiger partial charge in [-0.15, -0.1) is 22.9 Å². The largest absolute Gasteiger partial charge is 0.483 e. The van der Waals surface area contributed by atoms with Crippen LogP contribution in [-0.2, 0) is 14.3 Å². The van der Waals surface area contributed by atoms with E-state index in [9.17, 15) is 19.7 Å². The summed E-state index contributed by atoms with van der Waals surface area (Å²) in [5.41, 5.74) is 0.586. The molecule has 1 aliphatic carbocycles. The van der Waals surface area contributed by atoms with Crippen molar-refractivity contribution in [2.45, 2.75) is 36.8 Å². The maximum atomic E-state index is 13.5. The number of carbonyl (C=O) groups is 2. The maximum absolute atomic E-state index is 13.5. The average Bonchev–Trinajstić information content (AvgIpc) is 3.35. The second kappa shape index (κ2) is 7.17. The van der Waals surface area contributed by atoms with Crippen molar-refractivity contribution in [3.8, 4) is 0 Å². The molecule has 1 amide bonds. The summed E-state index contributed by atoms with van der Waals surface area (Å²) >= 11 is 7.56.